The van der Waals surface area contributed by atoms with E-state index in [0.29, 0.717) is 28.6 Å². The Balaban J connectivity index is 2.14. The summed E-state index contributed by atoms with van der Waals surface area (Å²) in [6.07, 6.45) is 0.519. The van der Waals surface area contributed by atoms with E-state index in [1.807, 2.05) is 0 Å². The van der Waals surface area contributed by atoms with Gasteiger partial charge in [-0.25, -0.2) is 0 Å². The maximum Gasteiger partial charge on any atom is 0.312 e. The van der Waals surface area contributed by atoms with Crippen LogP contribution in [0.3, 0.4) is 0 Å². The van der Waals surface area contributed by atoms with Gasteiger partial charge < -0.3 is 4.74 Å². The predicted octanol–water partition coefficient (Wildman–Crippen LogP) is 3.77. The smallest absolute Gasteiger partial charge is 0.312 e. The van der Waals surface area contributed by atoms with Crippen LogP contribution in [0.2, 0.25) is 10.0 Å². The lowest BCUT2D eigenvalue weighted by Gasteiger charge is -2.09. The van der Waals surface area contributed by atoms with Crippen LogP contribution < -0.4 is 0 Å². The third kappa shape index (κ3) is 2.63. The van der Waals surface area contributed by atoms with Crippen molar-refractivity contribution in [3.05, 3.63) is 33.8 Å². The second-order valence-electron chi connectivity index (χ2n) is 4.89. The van der Waals surface area contributed by atoms with Crippen molar-refractivity contribution in [2.75, 3.05) is 6.61 Å². The number of rotatable bonds is 4. The first-order chi connectivity index (χ1) is 8.90. The normalized spacial score (nSPS) is 24.9. The van der Waals surface area contributed by atoms with Crippen LogP contribution in [-0.2, 0) is 9.53 Å². The minimum absolute atomic E-state index is 0.0888. The zero-order valence-corrected chi connectivity index (χ0v) is 12.2. The number of Topliss-reactive ketones (excluding diaryl/α,β-unsaturated/α-hetero) is 1. The Morgan fingerprint density at radius 1 is 1.37 bits per heavy atom. The van der Waals surface area contributed by atoms with Crippen LogP contribution in [0.25, 0.3) is 0 Å². The van der Waals surface area contributed by atoms with Crippen molar-refractivity contribution < 1.29 is 14.3 Å². The lowest BCUT2D eigenvalue weighted by Crippen LogP contribution is -2.21. The van der Waals surface area contributed by atoms with Crippen LogP contribution >= 0.6 is 23.2 Å². The van der Waals surface area contributed by atoms with E-state index in [1.165, 1.54) is 6.07 Å². The summed E-state index contributed by atoms with van der Waals surface area (Å²) in [6.45, 7) is 3.83. The standard InChI is InChI=1S/C14H14Cl2O3/c1-3-19-13(18)14(2)7-9(14)12(17)8-4-5-10(15)11(16)6-8/h4-6,9H,3,7H2,1-2H3/t9-,14+/m1/s1. The van der Waals surface area contributed by atoms with E-state index in [4.69, 9.17) is 27.9 Å². The van der Waals surface area contributed by atoms with Gasteiger partial charge in [0.25, 0.3) is 0 Å². The molecule has 0 N–H and O–H groups in total. The number of esters is 1. The van der Waals surface area contributed by atoms with Crippen LogP contribution in [0.15, 0.2) is 18.2 Å². The van der Waals surface area contributed by atoms with Crippen LogP contribution in [0.1, 0.15) is 30.6 Å². The van der Waals surface area contributed by atoms with Gasteiger partial charge in [-0.15, -0.1) is 0 Å². The maximum atomic E-state index is 12.3. The van der Waals surface area contributed by atoms with Crippen LogP contribution in [0.5, 0.6) is 0 Å². The van der Waals surface area contributed by atoms with Crippen molar-refractivity contribution in [3.8, 4) is 0 Å². The van der Waals surface area contributed by atoms with Gasteiger partial charge in [-0.3, -0.25) is 9.59 Å². The van der Waals surface area contributed by atoms with E-state index in [0.717, 1.165) is 0 Å². The molecule has 102 valence electrons. The van der Waals surface area contributed by atoms with E-state index in [9.17, 15) is 9.59 Å². The van der Waals surface area contributed by atoms with Gasteiger partial charge in [0.1, 0.15) is 0 Å². The van der Waals surface area contributed by atoms with Gasteiger partial charge >= 0.3 is 5.97 Å². The summed E-state index contributed by atoms with van der Waals surface area (Å²) in [4.78, 5) is 24.1. The van der Waals surface area contributed by atoms with Gasteiger partial charge in [-0.2, -0.15) is 0 Å². The lowest BCUT2D eigenvalue weighted by molar-refractivity contribution is -0.149. The summed E-state index contributed by atoms with van der Waals surface area (Å²) in [5, 5.41) is 0.744. The molecule has 2 rings (SSSR count). The molecular formula is C14H14Cl2O3. The third-order valence-corrected chi connectivity index (χ3v) is 4.24. The first-order valence-electron chi connectivity index (χ1n) is 6.06. The number of benzene rings is 1. The zero-order valence-electron chi connectivity index (χ0n) is 10.7. The molecule has 1 saturated carbocycles. The second kappa shape index (κ2) is 5.14. The highest BCUT2D eigenvalue weighted by molar-refractivity contribution is 6.42. The molecule has 0 aromatic heterocycles. The third-order valence-electron chi connectivity index (χ3n) is 3.50. The molecular weight excluding hydrogens is 287 g/mol. The molecule has 1 fully saturated rings. The highest BCUT2D eigenvalue weighted by Crippen LogP contribution is 2.54. The van der Waals surface area contributed by atoms with Gasteiger partial charge in [0.15, 0.2) is 5.78 Å². The van der Waals surface area contributed by atoms with E-state index in [2.05, 4.69) is 0 Å². The predicted molar refractivity (Wildman–Crippen MR) is 73.6 cm³/mol. The first kappa shape index (κ1) is 14.4. The minimum Gasteiger partial charge on any atom is -0.466 e. The molecule has 0 aliphatic heterocycles. The minimum atomic E-state index is -0.695. The fourth-order valence-electron chi connectivity index (χ4n) is 2.12. The van der Waals surface area contributed by atoms with Gasteiger partial charge in [-0.1, -0.05) is 23.2 Å². The molecule has 0 spiro atoms. The number of ether oxygens (including phenoxy) is 1. The molecule has 5 heteroatoms. The highest BCUT2D eigenvalue weighted by Gasteiger charge is 2.60. The van der Waals surface area contributed by atoms with Crippen LogP contribution in [-0.4, -0.2) is 18.4 Å². The number of halogens is 2. The molecule has 0 saturated heterocycles. The Morgan fingerprint density at radius 2 is 2.05 bits per heavy atom. The molecule has 0 unspecified atom stereocenters. The van der Waals surface area contributed by atoms with Crippen molar-refractivity contribution in [2.45, 2.75) is 20.3 Å². The monoisotopic (exact) mass is 300 g/mol. The number of carbonyl (C=O) groups excluding carboxylic acids is 2. The Labute approximate surface area is 121 Å². The molecule has 0 bridgehead atoms. The molecule has 1 aliphatic carbocycles. The van der Waals surface area contributed by atoms with Gasteiger partial charge in [-0.05, 0) is 38.5 Å². The largest absolute Gasteiger partial charge is 0.466 e. The second-order valence-corrected chi connectivity index (χ2v) is 5.70. The molecule has 1 aliphatic rings. The van der Waals surface area contributed by atoms with E-state index >= 15 is 0 Å². The van der Waals surface area contributed by atoms with Gasteiger partial charge in [0.2, 0.25) is 0 Å². The summed E-state index contributed by atoms with van der Waals surface area (Å²) in [5.41, 5.74) is -0.216. The Morgan fingerprint density at radius 3 is 2.63 bits per heavy atom. The van der Waals surface area contributed by atoms with Crippen molar-refractivity contribution in [1.29, 1.82) is 0 Å². The quantitative estimate of drug-likeness (QED) is 0.628. The molecule has 1 aromatic rings. The maximum absolute atomic E-state index is 12.3. The lowest BCUT2D eigenvalue weighted by atomic mass is 10.00. The fourth-order valence-corrected chi connectivity index (χ4v) is 2.42. The highest BCUT2D eigenvalue weighted by atomic mass is 35.5. The molecule has 0 amide bonds. The average molecular weight is 301 g/mol. The van der Waals surface area contributed by atoms with Crippen molar-refractivity contribution >= 4 is 35.0 Å². The number of ketones is 1. The molecule has 1 aromatic carbocycles. The van der Waals surface area contributed by atoms with Gasteiger partial charge in [0, 0.05) is 11.5 Å². The number of hydrogen-bond acceptors (Lipinski definition) is 3. The Bertz CT molecular complexity index is 541. The fraction of sp³-hybridized carbons (Fsp3) is 0.429. The topological polar surface area (TPSA) is 43.4 Å². The van der Waals surface area contributed by atoms with Crippen molar-refractivity contribution in [3.63, 3.8) is 0 Å². The summed E-state index contributed by atoms with van der Waals surface area (Å²) in [5.74, 6) is -0.730. The summed E-state index contributed by atoms with van der Waals surface area (Å²) in [7, 11) is 0. The first-order valence-corrected chi connectivity index (χ1v) is 6.82. The van der Waals surface area contributed by atoms with E-state index in [-0.39, 0.29) is 17.7 Å². The van der Waals surface area contributed by atoms with Crippen LogP contribution in [0.4, 0.5) is 0 Å². The zero-order chi connectivity index (χ0) is 14.2. The molecule has 19 heavy (non-hydrogen) atoms. The Hall–Kier alpha value is -1.06. The van der Waals surface area contributed by atoms with E-state index < -0.39 is 5.41 Å². The van der Waals surface area contributed by atoms with Crippen molar-refractivity contribution in [2.24, 2.45) is 11.3 Å². The summed E-state index contributed by atoms with van der Waals surface area (Å²) >= 11 is 11.7. The molecule has 0 radical (unpaired) electrons. The SMILES string of the molecule is CCOC(=O)[C@@]1(C)C[C@@H]1C(=O)c1ccc(Cl)c(Cl)c1. The van der Waals surface area contributed by atoms with Crippen molar-refractivity contribution in [1.82, 2.24) is 0 Å². The Kier molecular flexibility index (Phi) is 3.88. The van der Waals surface area contributed by atoms with Gasteiger partial charge in [0.05, 0.1) is 22.1 Å². The number of hydrogen-bond donors (Lipinski definition) is 0. The number of carbonyl (C=O) groups is 2. The van der Waals surface area contributed by atoms with E-state index in [1.54, 1.807) is 26.0 Å². The molecule has 2 atom stereocenters. The average Bonchev–Trinajstić information content (AvgIpc) is 3.06. The van der Waals surface area contributed by atoms with Crippen LogP contribution in [0, 0.1) is 11.3 Å². The molecule has 0 heterocycles. The molecule has 3 nitrogen and oxygen atoms in total. The summed E-state index contributed by atoms with van der Waals surface area (Å²) < 4.78 is 4.99. The summed E-state index contributed by atoms with van der Waals surface area (Å²) in [6, 6.07) is 4.75.